The van der Waals surface area contributed by atoms with Crippen LogP contribution in [-0.2, 0) is 13.0 Å². The van der Waals surface area contributed by atoms with E-state index in [2.05, 4.69) is 65.6 Å². The maximum atomic E-state index is 4.35. The van der Waals surface area contributed by atoms with Crippen molar-refractivity contribution in [3.63, 3.8) is 0 Å². The van der Waals surface area contributed by atoms with E-state index >= 15 is 0 Å². The van der Waals surface area contributed by atoms with E-state index in [-0.39, 0.29) is 30.0 Å². The van der Waals surface area contributed by atoms with Crippen molar-refractivity contribution in [1.82, 2.24) is 15.6 Å². The van der Waals surface area contributed by atoms with E-state index in [1.165, 1.54) is 16.0 Å². The molecule has 0 bridgehead atoms. The molecule has 0 fully saturated rings. The first-order valence-corrected chi connectivity index (χ1v) is 8.41. The highest BCUT2D eigenvalue weighted by Gasteiger charge is 2.08. The Kier molecular flexibility index (Phi) is 8.54. The molecule has 23 heavy (non-hydrogen) atoms. The Balaban J connectivity index is 0.00000264. The molecule has 4 nitrogen and oxygen atoms in total. The Bertz CT molecular complexity index is 622. The Labute approximate surface area is 159 Å². The maximum absolute atomic E-state index is 4.35. The van der Waals surface area contributed by atoms with Crippen LogP contribution in [0.15, 0.2) is 35.5 Å². The van der Waals surface area contributed by atoms with Gasteiger partial charge in [-0.2, -0.15) is 0 Å². The van der Waals surface area contributed by atoms with Crippen molar-refractivity contribution in [3.8, 4) is 0 Å². The Morgan fingerprint density at radius 3 is 2.52 bits per heavy atom. The molecule has 0 saturated carbocycles. The van der Waals surface area contributed by atoms with Crippen molar-refractivity contribution >= 4 is 41.3 Å². The van der Waals surface area contributed by atoms with Gasteiger partial charge in [-0.3, -0.25) is 4.99 Å². The number of hydrogen-bond acceptors (Lipinski definition) is 3. The summed E-state index contributed by atoms with van der Waals surface area (Å²) < 4.78 is 0. The van der Waals surface area contributed by atoms with Gasteiger partial charge in [0.1, 0.15) is 5.01 Å². The predicted molar refractivity (Wildman–Crippen MR) is 110 cm³/mol. The summed E-state index contributed by atoms with van der Waals surface area (Å²) in [6.07, 6.45) is 2.97. The molecule has 1 atom stereocenters. The maximum Gasteiger partial charge on any atom is 0.191 e. The van der Waals surface area contributed by atoms with Crippen LogP contribution in [0.1, 0.15) is 40.9 Å². The van der Waals surface area contributed by atoms with Gasteiger partial charge in [0.05, 0.1) is 12.6 Å². The zero-order valence-corrected chi connectivity index (χ0v) is 17.2. The third-order valence-electron chi connectivity index (χ3n) is 3.54. The lowest BCUT2D eigenvalue weighted by Gasteiger charge is -2.18. The average molecular weight is 444 g/mol. The summed E-state index contributed by atoms with van der Waals surface area (Å²) in [5.74, 6) is 0.792. The van der Waals surface area contributed by atoms with Crippen molar-refractivity contribution in [2.24, 2.45) is 4.99 Å². The largest absolute Gasteiger partial charge is 0.350 e. The Morgan fingerprint density at radius 2 is 2.00 bits per heavy atom. The van der Waals surface area contributed by atoms with Gasteiger partial charge in [-0.05, 0) is 31.4 Å². The molecule has 1 heterocycles. The van der Waals surface area contributed by atoms with Crippen LogP contribution in [0.5, 0.6) is 0 Å². The zero-order chi connectivity index (χ0) is 15.9. The van der Waals surface area contributed by atoms with E-state index in [0.717, 1.165) is 17.4 Å². The molecule has 1 unspecified atom stereocenters. The molecular weight excluding hydrogens is 419 g/mol. The van der Waals surface area contributed by atoms with Gasteiger partial charge >= 0.3 is 0 Å². The quantitative estimate of drug-likeness (QED) is 0.416. The molecule has 1 aromatic heterocycles. The molecule has 0 aliphatic rings. The first-order valence-electron chi connectivity index (χ1n) is 7.59. The summed E-state index contributed by atoms with van der Waals surface area (Å²) in [4.78, 5) is 9.86. The molecule has 0 amide bonds. The number of nitrogens with zero attached hydrogens (tertiary/aromatic N) is 2. The molecule has 2 aromatic rings. The Hall–Kier alpha value is -1.15. The fourth-order valence-electron chi connectivity index (χ4n) is 2.17. The van der Waals surface area contributed by atoms with Crippen molar-refractivity contribution in [1.29, 1.82) is 0 Å². The highest BCUT2D eigenvalue weighted by atomic mass is 127. The first-order chi connectivity index (χ1) is 10.6. The van der Waals surface area contributed by atoms with E-state index in [1.54, 1.807) is 18.4 Å². The third-order valence-corrected chi connectivity index (χ3v) is 4.45. The van der Waals surface area contributed by atoms with Gasteiger partial charge < -0.3 is 10.6 Å². The van der Waals surface area contributed by atoms with Crippen molar-refractivity contribution in [2.75, 3.05) is 7.05 Å². The second-order valence-electron chi connectivity index (χ2n) is 5.25. The third kappa shape index (κ3) is 6.10. The number of benzene rings is 1. The fraction of sp³-hybridized carbons (Fsp3) is 0.412. The highest BCUT2D eigenvalue weighted by molar-refractivity contribution is 14.0. The average Bonchev–Trinajstić information content (AvgIpc) is 2.96. The van der Waals surface area contributed by atoms with Crippen LogP contribution in [0.2, 0.25) is 0 Å². The number of halogens is 1. The van der Waals surface area contributed by atoms with Crippen LogP contribution < -0.4 is 10.6 Å². The van der Waals surface area contributed by atoms with Crippen LogP contribution in [0, 0.1) is 6.92 Å². The van der Waals surface area contributed by atoms with Gasteiger partial charge in [0, 0.05) is 18.1 Å². The summed E-state index contributed by atoms with van der Waals surface area (Å²) in [5.41, 5.74) is 2.61. The second-order valence-corrected chi connectivity index (χ2v) is 6.57. The minimum Gasteiger partial charge on any atom is -0.350 e. The van der Waals surface area contributed by atoms with Gasteiger partial charge in [-0.25, -0.2) is 4.98 Å². The van der Waals surface area contributed by atoms with Gasteiger partial charge in [-0.15, -0.1) is 35.3 Å². The number of aliphatic imine (C=N–C) groups is 1. The van der Waals surface area contributed by atoms with Crippen LogP contribution in [0.25, 0.3) is 0 Å². The molecule has 0 saturated heterocycles. The molecule has 2 N–H and O–H groups in total. The number of guanidine groups is 1. The summed E-state index contributed by atoms with van der Waals surface area (Å²) in [5, 5.41) is 7.79. The van der Waals surface area contributed by atoms with Crippen molar-refractivity contribution in [2.45, 2.75) is 39.8 Å². The zero-order valence-electron chi connectivity index (χ0n) is 14.1. The molecule has 2 rings (SSSR count). The van der Waals surface area contributed by atoms with Gasteiger partial charge in [0.25, 0.3) is 0 Å². The fourth-order valence-corrected chi connectivity index (χ4v) is 2.89. The topological polar surface area (TPSA) is 49.3 Å². The lowest BCUT2D eigenvalue weighted by Crippen LogP contribution is -2.38. The van der Waals surface area contributed by atoms with Crippen LogP contribution in [0.4, 0.5) is 0 Å². The van der Waals surface area contributed by atoms with Crippen molar-refractivity contribution in [3.05, 3.63) is 51.5 Å². The molecular formula is C17H25IN4S. The minimum atomic E-state index is 0. The van der Waals surface area contributed by atoms with Gasteiger partial charge in [0.2, 0.25) is 0 Å². The summed E-state index contributed by atoms with van der Waals surface area (Å²) in [7, 11) is 1.79. The highest BCUT2D eigenvalue weighted by Crippen LogP contribution is 2.14. The lowest BCUT2D eigenvalue weighted by molar-refractivity contribution is 0.684. The van der Waals surface area contributed by atoms with Crippen molar-refractivity contribution < 1.29 is 0 Å². The molecule has 1 aromatic carbocycles. The first kappa shape index (κ1) is 19.9. The molecule has 0 aliphatic heterocycles. The molecule has 0 radical (unpaired) electrons. The number of aryl methyl sites for hydroxylation is 2. The number of thiazole rings is 1. The van der Waals surface area contributed by atoms with Gasteiger partial charge in [-0.1, -0.05) is 31.2 Å². The van der Waals surface area contributed by atoms with E-state index in [4.69, 9.17) is 0 Å². The number of aromatic nitrogens is 1. The standard InChI is InChI=1S/C17H24N4S.HI/c1-5-14-6-8-15(9-7-14)13(3)21-17(18-4)20-11-16-19-10-12(2)22-16;/h6-10,13H,5,11H2,1-4H3,(H2,18,20,21);1H. The number of rotatable bonds is 5. The predicted octanol–water partition coefficient (Wildman–Crippen LogP) is 4.06. The van der Waals surface area contributed by atoms with Crippen LogP contribution in [0.3, 0.4) is 0 Å². The number of nitrogens with one attached hydrogen (secondary N) is 2. The summed E-state index contributed by atoms with van der Waals surface area (Å²) >= 11 is 1.70. The van der Waals surface area contributed by atoms with Gasteiger partial charge in [0.15, 0.2) is 5.96 Å². The SMILES string of the molecule is CCc1ccc(C(C)NC(=NC)NCc2ncc(C)s2)cc1.I. The van der Waals surface area contributed by atoms with E-state index in [0.29, 0.717) is 6.54 Å². The lowest BCUT2D eigenvalue weighted by atomic mass is 10.1. The van der Waals surface area contributed by atoms with E-state index in [9.17, 15) is 0 Å². The smallest absolute Gasteiger partial charge is 0.191 e. The Morgan fingerprint density at radius 1 is 1.30 bits per heavy atom. The summed E-state index contributed by atoms with van der Waals surface area (Å²) in [6, 6.07) is 8.92. The number of hydrogen-bond donors (Lipinski definition) is 2. The minimum absolute atomic E-state index is 0. The second kappa shape index (κ2) is 9.87. The normalized spacial score (nSPS) is 12.4. The van der Waals surface area contributed by atoms with Crippen LogP contribution >= 0.6 is 35.3 Å². The van der Waals surface area contributed by atoms with Crippen LogP contribution in [-0.4, -0.2) is 18.0 Å². The summed E-state index contributed by atoms with van der Waals surface area (Å²) in [6.45, 7) is 7.07. The molecule has 0 aliphatic carbocycles. The van der Waals surface area contributed by atoms with E-state index < -0.39 is 0 Å². The molecule has 126 valence electrons. The monoisotopic (exact) mass is 444 g/mol. The molecule has 0 spiro atoms. The molecule has 6 heteroatoms. The van der Waals surface area contributed by atoms with E-state index in [1.807, 2.05) is 6.20 Å².